The molecule has 0 bridgehead atoms. The van der Waals surface area contributed by atoms with Gasteiger partial charge >= 0.3 is 11.9 Å². The summed E-state index contributed by atoms with van der Waals surface area (Å²) in [4.78, 5) is 35.5. The van der Waals surface area contributed by atoms with Crippen LogP contribution in [0.2, 0.25) is 0 Å². The van der Waals surface area contributed by atoms with E-state index in [4.69, 9.17) is 5.11 Å². The van der Waals surface area contributed by atoms with Crippen LogP contribution in [0.5, 0.6) is 0 Å². The Morgan fingerprint density at radius 2 is 1.61 bits per heavy atom. The number of ketones is 1. The highest BCUT2D eigenvalue weighted by Crippen LogP contribution is 2.44. The molecule has 1 aliphatic rings. The molecule has 4 rings (SSSR count). The second kappa shape index (κ2) is 10.2. The number of hydrogen-bond acceptors (Lipinski definition) is 4. The topological polar surface area (TPSA) is 91.7 Å². The summed E-state index contributed by atoms with van der Waals surface area (Å²) in [7, 11) is 0. The van der Waals surface area contributed by atoms with Crippen LogP contribution in [0, 0.1) is 0 Å². The molecule has 0 fully saturated rings. The summed E-state index contributed by atoms with van der Waals surface area (Å²) >= 11 is 1.73. The Hall–Kier alpha value is -3.25. The molecule has 0 amide bonds. The lowest BCUT2D eigenvalue weighted by Crippen LogP contribution is -2.35. The fourth-order valence-corrected chi connectivity index (χ4v) is 4.61. The Kier molecular flexibility index (Phi) is 7.36. The number of hydrogen-bond donors (Lipinski definition) is 2. The molecular weight excluding hydrogens is 412 g/mol. The van der Waals surface area contributed by atoms with Gasteiger partial charge in [0.2, 0.25) is 0 Å². The number of unbranched alkanes of at least 4 members (excludes halogenated alkanes) is 1. The van der Waals surface area contributed by atoms with E-state index >= 15 is 0 Å². The van der Waals surface area contributed by atoms with Gasteiger partial charge in [-0.2, -0.15) is 0 Å². The van der Waals surface area contributed by atoms with Gasteiger partial charge in [0.15, 0.2) is 5.78 Å². The lowest BCUT2D eigenvalue weighted by molar-refractivity contribution is -0.142. The molecule has 0 aliphatic heterocycles. The number of rotatable bonds is 7. The third-order valence-electron chi connectivity index (χ3n) is 5.39. The smallest absolute Gasteiger partial charge is 0.319 e. The van der Waals surface area contributed by atoms with Crippen LogP contribution in [0.1, 0.15) is 52.0 Å². The summed E-state index contributed by atoms with van der Waals surface area (Å²) in [6.07, 6.45) is 3.07. The highest BCUT2D eigenvalue weighted by atomic mass is 32.1. The van der Waals surface area contributed by atoms with Crippen LogP contribution in [0.4, 0.5) is 0 Å². The molecule has 1 atom stereocenters. The van der Waals surface area contributed by atoms with E-state index in [-0.39, 0.29) is 12.2 Å². The Labute approximate surface area is 185 Å². The van der Waals surface area contributed by atoms with Gasteiger partial charge in [0.05, 0.1) is 0 Å². The van der Waals surface area contributed by atoms with Gasteiger partial charge in [-0.05, 0) is 41.8 Å². The van der Waals surface area contributed by atoms with E-state index in [1.807, 2.05) is 17.5 Å². The summed E-state index contributed by atoms with van der Waals surface area (Å²) in [6, 6.07) is 20.1. The molecule has 0 saturated carbocycles. The molecule has 6 heteroatoms. The van der Waals surface area contributed by atoms with Crippen molar-refractivity contribution in [1.82, 2.24) is 0 Å². The van der Waals surface area contributed by atoms with Gasteiger partial charge in [-0.1, -0.05) is 60.7 Å². The number of fused-ring (bicyclic) bond motifs is 1. The van der Waals surface area contributed by atoms with E-state index < -0.39 is 17.4 Å². The van der Waals surface area contributed by atoms with Crippen molar-refractivity contribution in [1.29, 1.82) is 0 Å². The summed E-state index contributed by atoms with van der Waals surface area (Å²) in [5, 5.41) is 20.2. The van der Waals surface area contributed by atoms with E-state index in [0.717, 1.165) is 19.3 Å². The first-order chi connectivity index (χ1) is 14.9. The van der Waals surface area contributed by atoms with Gasteiger partial charge in [-0.25, -0.2) is 0 Å². The largest absolute Gasteiger partial charge is 0.481 e. The molecule has 2 aromatic carbocycles. The monoisotopic (exact) mass is 436 g/mol. The lowest BCUT2D eigenvalue weighted by Gasteiger charge is -2.25. The minimum absolute atomic E-state index is 0.00824. The molecule has 3 aromatic rings. The second-order valence-electron chi connectivity index (χ2n) is 7.40. The maximum absolute atomic E-state index is 12.1. The summed E-state index contributed by atoms with van der Waals surface area (Å²) < 4.78 is 0. The van der Waals surface area contributed by atoms with Crippen LogP contribution < -0.4 is 0 Å². The number of carboxylic acids is 2. The number of aryl methyl sites for hydroxylation is 1. The van der Waals surface area contributed by atoms with Crippen LogP contribution in [0.25, 0.3) is 0 Å². The lowest BCUT2D eigenvalue weighted by atomic mass is 9.75. The van der Waals surface area contributed by atoms with Crippen molar-refractivity contribution in [3.8, 4) is 0 Å². The van der Waals surface area contributed by atoms with Crippen LogP contribution in [0.3, 0.4) is 0 Å². The Bertz CT molecular complexity index is 1040. The minimum atomic E-state index is -1.24. The molecule has 0 spiro atoms. The van der Waals surface area contributed by atoms with Crippen molar-refractivity contribution >= 4 is 29.1 Å². The number of benzene rings is 2. The first-order valence-electron chi connectivity index (χ1n) is 10.1. The SMILES string of the molecule is O=C(O)CCCCc1cccs1.O=C1CC(C(=O)O)(c2ccccc2)c2ccccc21. The maximum atomic E-state index is 12.1. The third kappa shape index (κ3) is 5.09. The number of carbonyl (C=O) groups is 3. The average Bonchev–Trinajstić information content (AvgIpc) is 3.39. The van der Waals surface area contributed by atoms with Gasteiger partial charge in [0.25, 0.3) is 0 Å². The molecule has 0 radical (unpaired) electrons. The van der Waals surface area contributed by atoms with Crippen LogP contribution in [-0.2, 0) is 21.4 Å². The number of carboxylic acid groups (broad SMARTS) is 2. The van der Waals surface area contributed by atoms with Gasteiger partial charge in [-0.15, -0.1) is 11.3 Å². The van der Waals surface area contributed by atoms with Crippen LogP contribution in [0.15, 0.2) is 72.1 Å². The summed E-state index contributed by atoms with van der Waals surface area (Å²) in [5.41, 5.74) is 0.530. The highest BCUT2D eigenvalue weighted by molar-refractivity contribution is 7.09. The summed E-state index contributed by atoms with van der Waals surface area (Å²) in [5.74, 6) is -1.78. The Morgan fingerprint density at radius 3 is 2.26 bits per heavy atom. The van der Waals surface area contributed by atoms with Crippen molar-refractivity contribution in [2.24, 2.45) is 0 Å². The zero-order valence-corrected chi connectivity index (χ0v) is 17.8. The van der Waals surface area contributed by atoms with E-state index in [2.05, 4.69) is 6.07 Å². The van der Waals surface area contributed by atoms with Crippen molar-refractivity contribution < 1.29 is 24.6 Å². The molecular formula is C25H24O5S. The summed E-state index contributed by atoms with van der Waals surface area (Å²) in [6.45, 7) is 0. The van der Waals surface area contributed by atoms with Crippen molar-refractivity contribution in [3.05, 3.63) is 93.7 Å². The molecule has 1 heterocycles. The second-order valence-corrected chi connectivity index (χ2v) is 8.43. The predicted octanol–water partition coefficient (Wildman–Crippen LogP) is 5.19. The van der Waals surface area contributed by atoms with Gasteiger partial charge in [0.1, 0.15) is 5.41 Å². The molecule has 1 aromatic heterocycles. The molecule has 2 N–H and O–H groups in total. The van der Waals surface area contributed by atoms with Crippen LogP contribution in [-0.4, -0.2) is 27.9 Å². The Balaban J connectivity index is 0.000000196. The first-order valence-corrected chi connectivity index (χ1v) is 11.0. The van der Waals surface area contributed by atoms with Gasteiger partial charge in [-0.3, -0.25) is 14.4 Å². The zero-order valence-electron chi connectivity index (χ0n) is 17.0. The van der Waals surface area contributed by atoms with Crippen molar-refractivity contribution in [2.45, 2.75) is 37.5 Å². The normalized spacial score (nSPS) is 16.8. The molecule has 1 aliphatic carbocycles. The predicted molar refractivity (Wildman–Crippen MR) is 120 cm³/mol. The fourth-order valence-electron chi connectivity index (χ4n) is 3.85. The molecule has 160 valence electrons. The fraction of sp³-hybridized carbons (Fsp3) is 0.240. The number of thiophene rings is 1. The maximum Gasteiger partial charge on any atom is 0.319 e. The van der Waals surface area contributed by atoms with E-state index in [1.54, 1.807) is 59.9 Å². The molecule has 1 unspecified atom stereocenters. The van der Waals surface area contributed by atoms with Crippen molar-refractivity contribution in [3.63, 3.8) is 0 Å². The number of aliphatic carboxylic acids is 2. The number of Topliss-reactive ketones (excluding diaryl/α,β-unsaturated/α-hetero) is 1. The van der Waals surface area contributed by atoms with E-state index in [9.17, 15) is 19.5 Å². The number of carbonyl (C=O) groups excluding carboxylic acids is 1. The van der Waals surface area contributed by atoms with Crippen molar-refractivity contribution in [2.75, 3.05) is 0 Å². The zero-order chi connectivity index (χ0) is 22.3. The standard InChI is InChI=1S/C16H12O3.C9H12O2S/c17-14-10-16(15(18)19,11-6-2-1-3-7-11)13-9-5-4-8-12(13)14;10-9(11)6-2-1-4-8-5-3-7-12-8/h1-9H,10H2,(H,18,19);3,5,7H,1-2,4,6H2,(H,10,11). The van der Waals surface area contributed by atoms with Gasteiger partial charge in [0, 0.05) is 23.3 Å². The van der Waals surface area contributed by atoms with Gasteiger partial charge < -0.3 is 10.2 Å². The highest BCUT2D eigenvalue weighted by Gasteiger charge is 2.50. The quantitative estimate of drug-likeness (QED) is 0.497. The van der Waals surface area contributed by atoms with E-state index in [1.165, 1.54) is 4.88 Å². The molecule has 5 nitrogen and oxygen atoms in total. The molecule has 0 saturated heterocycles. The minimum Gasteiger partial charge on any atom is -0.481 e. The van der Waals surface area contributed by atoms with Crippen LogP contribution >= 0.6 is 11.3 Å². The Morgan fingerprint density at radius 1 is 0.903 bits per heavy atom. The molecule has 31 heavy (non-hydrogen) atoms. The average molecular weight is 437 g/mol. The first kappa shape index (κ1) is 22.4. The third-order valence-corrected chi connectivity index (χ3v) is 6.32. The van der Waals surface area contributed by atoms with E-state index in [0.29, 0.717) is 23.1 Å².